The quantitative estimate of drug-likeness (QED) is 0.813. The summed E-state index contributed by atoms with van der Waals surface area (Å²) in [5, 5.41) is 4.38. The standard InChI is InChI=1S/C18H20N4O2/c1-12-6-2-3-7-13(12)10-21-11-19-18(20-21)22-16(23)14-8-4-5-9-15(14)17(22)24/h2-3,6-7,11,14-15H,4-5,8-10H2,1H3/t14-,15+. The first kappa shape index (κ1) is 15.1. The van der Waals surface area contributed by atoms with E-state index in [9.17, 15) is 9.59 Å². The van der Waals surface area contributed by atoms with Gasteiger partial charge in [0, 0.05) is 0 Å². The van der Waals surface area contributed by atoms with Crippen molar-refractivity contribution in [3.63, 3.8) is 0 Å². The van der Waals surface area contributed by atoms with Crippen molar-refractivity contribution in [2.75, 3.05) is 4.90 Å². The van der Waals surface area contributed by atoms with Crippen molar-refractivity contribution in [2.24, 2.45) is 11.8 Å². The van der Waals surface area contributed by atoms with Gasteiger partial charge in [0.25, 0.3) is 5.95 Å². The van der Waals surface area contributed by atoms with Crippen molar-refractivity contribution >= 4 is 17.8 Å². The molecule has 0 N–H and O–H groups in total. The van der Waals surface area contributed by atoms with E-state index in [4.69, 9.17) is 0 Å². The summed E-state index contributed by atoms with van der Waals surface area (Å²) in [7, 11) is 0. The number of hydrogen-bond donors (Lipinski definition) is 0. The summed E-state index contributed by atoms with van der Waals surface area (Å²) in [6.07, 6.45) is 5.22. The molecule has 2 fully saturated rings. The molecule has 1 aromatic carbocycles. The highest BCUT2D eigenvalue weighted by atomic mass is 16.2. The van der Waals surface area contributed by atoms with Crippen LogP contribution in [0.2, 0.25) is 0 Å². The van der Waals surface area contributed by atoms with Crippen molar-refractivity contribution < 1.29 is 9.59 Å². The lowest BCUT2D eigenvalue weighted by molar-refractivity contribution is -0.122. The predicted molar refractivity (Wildman–Crippen MR) is 88.2 cm³/mol. The smallest absolute Gasteiger partial charge is 0.258 e. The molecule has 4 rings (SSSR count). The fourth-order valence-corrected chi connectivity index (χ4v) is 3.78. The van der Waals surface area contributed by atoms with Gasteiger partial charge in [-0.15, -0.1) is 5.10 Å². The number of nitrogens with zero attached hydrogens (tertiary/aromatic N) is 4. The van der Waals surface area contributed by atoms with E-state index in [-0.39, 0.29) is 29.6 Å². The minimum absolute atomic E-state index is 0.127. The summed E-state index contributed by atoms with van der Waals surface area (Å²) in [6, 6.07) is 8.07. The van der Waals surface area contributed by atoms with E-state index in [2.05, 4.69) is 10.1 Å². The third-order valence-corrected chi connectivity index (χ3v) is 5.16. The van der Waals surface area contributed by atoms with E-state index >= 15 is 0 Å². The second-order valence-corrected chi connectivity index (χ2v) is 6.68. The summed E-state index contributed by atoms with van der Waals surface area (Å²) >= 11 is 0. The van der Waals surface area contributed by atoms with Gasteiger partial charge in [-0.05, 0) is 30.9 Å². The van der Waals surface area contributed by atoms with Crippen LogP contribution in [0.3, 0.4) is 0 Å². The maximum atomic E-state index is 12.6. The highest BCUT2D eigenvalue weighted by Crippen LogP contribution is 2.39. The molecule has 0 bridgehead atoms. The van der Waals surface area contributed by atoms with E-state index < -0.39 is 0 Å². The molecule has 2 aromatic rings. The maximum absolute atomic E-state index is 12.6. The lowest BCUT2D eigenvalue weighted by Gasteiger charge is -2.19. The molecule has 0 spiro atoms. The van der Waals surface area contributed by atoms with Crippen LogP contribution in [0.25, 0.3) is 0 Å². The van der Waals surface area contributed by atoms with Crippen LogP contribution in [-0.4, -0.2) is 26.6 Å². The highest BCUT2D eigenvalue weighted by molar-refractivity contribution is 6.21. The van der Waals surface area contributed by atoms with Gasteiger partial charge in [-0.1, -0.05) is 37.1 Å². The number of hydrogen-bond acceptors (Lipinski definition) is 4. The van der Waals surface area contributed by atoms with Gasteiger partial charge >= 0.3 is 0 Å². The molecule has 0 radical (unpaired) electrons. The zero-order valence-corrected chi connectivity index (χ0v) is 13.7. The Bertz CT molecular complexity index is 774. The molecule has 1 saturated heterocycles. The largest absolute Gasteiger partial charge is 0.274 e. The Kier molecular flexibility index (Phi) is 3.67. The molecule has 2 heterocycles. The first-order chi connectivity index (χ1) is 11.6. The fraction of sp³-hybridized carbons (Fsp3) is 0.444. The number of carbonyl (C=O) groups is 2. The highest BCUT2D eigenvalue weighted by Gasteiger charge is 2.50. The fourth-order valence-electron chi connectivity index (χ4n) is 3.78. The first-order valence-corrected chi connectivity index (χ1v) is 8.47. The van der Waals surface area contributed by atoms with Gasteiger partial charge in [-0.25, -0.2) is 9.58 Å². The Morgan fingerprint density at radius 1 is 1.08 bits per heavy atom. The molecule has 1 aliphatic heterocycles. The normalized spacial score (nSPS) is 23.6. The molecule has 2 aliphatic rings. The maximum Gasteiger partial charge on any atom is 0.258 e. The number of imide groups is 1. The molecular formula is C18H20N4O2. The lowest BCUT2D eigenvalue weighted by atomic mass is 9.81. The number of benzene rings is 1. The molecule has 1 aliphatic carbocycles. The Morgan fingerprint density at radius 3 is 2.42 bits per heavy atom. The van der Waals surface area contributed by atoms with E-state index in [1.165, 1.54) is 10.5 Å². The van der Waals surface area contributed by atoms with Crippen LogP contribution in [0.4, 0.5) is 5.95 Å². The number of anilines is 1. The molecule has 2 amide bonds. The lowest BCUT2D eigenvalue weighted by Crippen LogP contribution is -2.32. The zero-order valence-electron chi connectivity index (χ0n) is 13.7. The average Bonchev–Trinajstić information content (AvgIpc) is 3.14. The van der Waals surface area contributed by atoms with Crippen LogP contribution in [0.5, 0.6) is 0 Å². The third-order valence-electron chi connectivity index (χ3n) is 5.16. The van der Waals surface area contributed by atoms with Gasteiger partial charge in [0.2, 0.25) is 11.8 Å². The molecule has 0 unspecified atom stereocenters. The van der Waals surface area contributed by atoms with Crippen LogP contribution >= 0.6 is 0 Å². The van der Waals surface area contributed by atoms with Crippen LogP contribution in [0.15, 0.2) is 30.6 Å². The van der Waals surface area contributed by atoms with Crippen LogP contribution in [0, 0.1) is 18.8 Å². The van der Waals surface area contributed by atoms with Crippen molar-refractivity contribution in [3.8, 4) is 0 Å². The number of carbonyl (C=O) groups excluding carboxylic acids is 2. The zero-order chi connectivity index (χ0) is 16.7. The van der Waals surface area contributed by atoms with Gasteiger partial charge in [0.15, 0.2) is 0 Å². The van der Waals surface area contributed by atoms with Crippen molar-refractivity contribution in [3.05, 3.63) is 41.7 Å². The molecule has 6 nitrogen and oxygen atoms in total. The van der Waals surface area contributed by atoms with Crippen molar-refractivity contribution in [1.29, 1.82) is 0 Å². The predicted octanol–water partition coefficient (Wildman–Crippen LogP) is 2.31. The van der Waals surface area contributed by atoms with Crippen LogP contribution in [-0.2, 0) is 16.1 Å². The molecule has 2 atom stereocenters. The van der Waals surface area contributed by atoms with E-state index in [1.54, 1.807) is 11.0 Å². The van der Waals surface area contributed by atoms with E-state index in [0.29, 0.717) is 6.54 Å². The number of fused-ring (bicyclic) bond motifs is 1. The number of aromatic nitrogens is 3. The summed E-state index contributed by atoms with van der Waals surface area (Å²) in [6.45, 7) is 2.62. The van der Waals surface area contributed by atoms with Crippen molar-refractivity contribution in [1.82, 2.24) is 14.8 Å². The summed E-state index contributed by atoms with van der Waals surface area (Å²) < 4.78 is 1.68. The Hall–Kier alpha value is -2.50. The van der Waals surface area contributed by atoms with Crippen LogP contribution in [0.1, 0.15) is 36.8 Å². The SMILES string of the molecule is Cc1ccccc1Cn1cnc(N2C(=O)[C@H]3CCCC[C@H]3C2=O)n1. The number of amides is 2. The van der Waals surface area contributed by atoms with Gasteiger partial charge in [0.05, 0.1) is 18.4 Å². The topological polar surface area (TPSA) is 68.1 Å². The Balaban J connectivity index is 1.57. The summed E-state index contributed by atoms with van der Waals surface area (Å²) in [5.41, 5.74) is 2.32. The molecule has 1 aromatic heterocycles. The minimum atomic E-state index is -0.172. The number of aryl methyl sites for hydroxylation is 1. The third kappa shape index (κ3) is 2.42. The van der Waals surface area contributed by atoms with Crippen LogP contribution < -0.4 is 4.90 Å². The molecule has 124 valence electrons. The van der Waals surface area contributed by atoms with Gasteiger partial charge in [0.1, 0.15) is 6.33 Å². The average molecular weight is 324 g/mol. The second-order valence-electron chi connectivity index (χ2n) is 6.68. The Morgan fingerprint density at radius 2 is 1.75 bits per heavy atom. The molecule has 24 heavy (non-hydrogen) atoms. The summed E-state index contributed by atoms with van der Waals surface area (Å²) in [5.74, 6) is -0.381. The molecule has 6 heteroatoms. The van der Waals surface area contributed by atoms with Gasteiger partial charge in [-0.3, -0.25) is 9.59 Å². The second kappa shape index (κ2) is 5.85. The van der Waals surface area contributed by atoms with Gasteiger partial charge < -0.3 is 0 Å². The first-order valence-electron chi connectivity index (χ1n) is 8.47. The number of rotatable bonds is 3. The van der Waals surface area contributed by atoms with E-state index in [1.807, 2.05) is 31.2 Å². The van der Waals surface area contributed by atoms with E-state index in [0.717, 1.165) is 31.2 Å². The summed E-state index contributed by atoms with van der Waals surface area (Å²) in [4.78, 5) is 30.6. The monoisotopic (exact) mass is 324 g/mol. The van der Waals surface area contributed by atoms with Gasteiger partial charge in [-0.2, -0.15) is 4.98 Å². The minimum Gasteiger partial charge on any atom is -0.274 e. The Labute approximate surface area is 140 Å². The van der Waals surface area contributed by atoms with Crippen molar-refractivity contribution in [2.45, 2.75) is 39.2 Å². The molecular weight excluding hydrogens is 304 g/mol. The molecule has 1 saturated carbocycles.